The number of carboxylic acid groups (broad SMARTS) is 1. The van der Waals surface area contributed by atoms with Crippen molar-refractivity contribution in [1.29, 1.82) is 5.41 Å². The number of methoxy groups -OCH3 is 3. The number of amidine groups is 1. The summed E-state index contributed by atoms with van der Waals surface area (Å²) in [7, 11) is 4.41. The average Bonchev–Trinajstić information content (AvgIpc) is 2.97. The van der Waals surface area contributed by atoms with Crippen molar-refractivity contribution in [3.05, 3.63) is 82.4 Å². The lowest BCUT2D eigenvalue weighted by molar-refractivity contribution is -0.192. The maximum absolute atomic E-state index is 13.3. The minimum Gasteiger partial charge on any atom is -0.493 e. The van der Waals surface area contributed by atoms with E-state index in [9.17, 15) is 22.8 Å². The number of hydrazine groups is 1. The van der Waals surface area contributed by atoms with Crippen LogP contribution in [0.4, 0.5) is 18.9 Å². The summed E-state index contributed by atoms with van der Waals surface area (Å²) in [4.78, 5) is 34.8. The molecule has 0 spiro atoms. The molecule has 230 valence electrons. The van der Waals surface area contributed by atoms with E-state index in [-0.39, 0.29) is 16.4 Å². The normalized spacial score (nSPS) is 11.1. The van der Waals surface area contributed by atoms with E-state index in [0.717, 1.165) is 0 Å². The predicted octanol–water partition coefficient (Wildman–Crippen LogP) is 3.90. The molecule has 0 radical (unpaired) electrons. The van der Waals surface area contributed by atoms with Gasteiger partial charge in [-0.2, -0.15) is 13.2 Å². The molecule has 16 heteroatoms. The monoisotopic (exact) mass is 625 g/mol. The van der Waals surface area contributed by atoms with E-state index in [1.807, 2.05) is 0 Å². The second-order valence-corrected chi connectivity index (χ2v) is 8.66. The number of rotatable bonds is 9. The second kappa shape index (κ2) is 15.2. The fourth-order valence-corrected chi connectivity index (χ4v) is 3.61. The standard InChI is InChI=1S/C25H26ClN5O5.C2HF3O2/c1-34-19-12-15(13-20(35-2)22(19)36-3)21(29-16-10-8-14(9-11-16)23(27)28)25(33)31-30-24(32)17-6-4-5-7-18(17)26;3-2(4,5)1(6)7/h4-13,21,29H,1-3H3,(H3,27,28)(H,30,32)(H,31,33);(H,6,7). The Morgan fingerprint density at radius 1 is 0.930 bits per heavy atom. The van der Waals surface area contributed by atoms with E-state index in [0.29, 0.717) is 34.1 Å². The largest absolute Gasteiger partial charge is 0.493 e. The molecule has 1 atom stereocenters. The van der Waals surface area contributed by atoms with Crippen LogP contribution in [0.5, 0.6) is 17.2 Å². The highest BCUT2D eigenvalue weighted by molar-refractivity contribution is 6.33. The van der Waals surface area contributed by atoms with Crippen LogP contribution in [0.1, 0.15) is 27.5 Å². The molecule has 0 heterocycles. The number of nitrogen functional groups attached to an aromatic ring is 1. The Bertz CT molecular complexity index is 1450. The Morgan fingerprint density at radius 2 is 1.47 bits per heavy atom. The van der Waals surface area contributed by atoms with Crippen molar-refractivity contribution in [1.82, 2.24) is 10.9 Å². The number of benzene rings is 3. The molecule has 0 fully saturated rings. The number of amides is 2. The van der Waals surface area contributed by atoms with Gasteiger partial charge in [0.2, 0.25) is 5.75 Å². The quantitative estimate of drug-likeness (QED) is 0.117. The molecule has 0 saturated carbocycles. The van der Waals surface area contributed by atoms with Crippen molar-refractivity contribution in [2.24, 2.45) is 5.73 Å². The summed E-state index contributed by atoms with van der Waals surface area (Å²) in [6, 6.07) is 15.4. The molecule has 3 aromatic carbocycles. The molecule has 3 rings (SSSR count). The lowest BCUT2D eigenvalue weighted by Crippen LogP contribution is -2.45. The Balaban J connectivity index is 0.000000821. The predicted molar refractivity (Wildman–Crippen MR) is 151 cm³/mol. The smallest absolute Gasteiger partial charge is 0.490 e. The van der Waals surface area contributed by atoms with Gasteiger partial charge in [0, 0.05) is 11.3 Å². The van der Waals surface area contributed by atoms with E-state index < -0.39 is 30.0 Å². The van der Waals surface area contributed by atoms with E-state index >= 15 is 0 Å². The van der Waals surface area contributed by atoms with Crippen molar-refractivity contribution < 1.29 is 46.9 Å². The van der Waals surface area contributed by atoms with Crippen molar-refractivity contribution >= 4 is 40.9 Å². The number of hydrogen-bond donors (Lipinski definition) is 6. The third-order valence-corrected chi connectivity index (χ3v) is 5.78. The van der Waals surface area contributed by atoms with Crippen LogP contribution < -0.4 is 36.1 Å². The van der Waals surface area contributed by atoms with Gasteiger partial charge in [-0.1, -0.05) is 23.7 Å². The zero-order valence-corrected chi connectivity index (χ0v) is 23.6. The number of ether oxygens (including phenoxy) is 3. The molecule has 7 N–H and O–H groups in total. The molecule has 0 aliphatic carbocycles. The molecule has 43 heavy (non-hydrogen) atoms. The molecule has 2 amide bonds. The number of carbonyl (C=O) groups excluding carboxylic acids is 2. The second-order valence-electron chi connectivity index (χ2n) is 8.25. The maximum Gasteiger partial charge on any atom is 0.490 e. The maximum atomic E-state index is 13.3. The van der Waals surface area contributed by atoms with Gasteiger partial charge in [-0.05, 0) is 54.1 Å². The number of nitrogens with two attached hydrogens (primary N) is 1. The highest BCUT2D eigenvalue weighted by Gasteiger charge is 2.38. The van der Waals surface area contributed by atoms with Crippen molar-refractivity contribution in [2.75, 3.05) is 26.6 Å². The van der Waals surface area contributed by atoms with Crippen molar-refractivity contribution in [3.8, 4) is 17.2 Å². The fraction of sp³-hybridized carbons (Fsp3) is 0.185. The molecule has 0 saturated heterocycles. The minimum atomic E-state index is -5.08. The summed E-state index contributed by atoms with van der Waals surface area (Å²) in [6.45, 7) is 0. The Hall–Kier alpha value is -5.18. The van der Waals surface area contributed by atoms with Gasteiger partial charge in [0.05, 0.1) is 31.9 Å². The van der Waals surface area contributed by atoms with Crippen LogP contribution in [0.15, 0.2) is 60.7 Å². The van der Waals surface area contributed by atoms with Crippen molar-refractivity contribution in [3.63, 3.8) is 0 Å². The first kappa shape index (κ1) is 34.0. The summed E-state index contributed by atoms with van der Waals surface area (Å²) < 4.78 is 48.0. The molecule has 0 aliphatic heterocycles. The molecule has 0 bridgehead atoms. The molecule has 12 nitrogen and oxygen atoms in total. The third-order valence-electron chi connectivity index (χ3n) is 5.45. The van der Waals surface area contributed by atoms with Crippen LogP contribution in [0.2, 0.25) is 5.02 Å². The number of carbonyl (C=O) groups is 3. The molecule has 1 unspecified atom stereocenters. The van der Waals surface area contributed by atoms with Crippen LogP contribution in [0.3, 0.4) is 0 Å². The first-order valence-corrected chi connectivity index (χ1v) is 12.3. The van der Waals surface area contributed by atoms with Crippen LogP contribution in [0.25, 0.3) is 0 Å². The Kier molecular flexibility index (Phi) is 12.0. The minimum absolute atomic E-state index is 0.0808. The Morgan fingerprint density at radius 3 is 1.91 bits per heavy atom. The van der Waals surface area contributed by atoms with Gasteiger partial charge in [0.15, 0.2) is 11.5 Å². The molecule has 3 aromatic rings. The summed E-state index contributed by atoms with van der Waals surface area (Å²) in [5.74, 6) is -2.95. The Labute approximate surface area is 248 Å². The van der Waals surface area contributed by atoms with Gasteiger partial charge >= 0.3 is 12.1 Å². The first-order valence-electron chi connectivity index (χ1n) is 11.9. The molecular formula is C27H27ClF3N5O7. The summed E-state index contributed by atoms with van der Waals surface area (Å²) in [5.41, 5.74) is 12.1. The van der Waals surface area contributed by atoms with Crippen LogP contribution in [-0.4, -0.2) is 56.2 Å². The molecule has 0 aliphatic rings. The summed E-state index contributed by atoms with van der Waals surface area (Å²) in [5, 5.41) is 18.1. The number of halogens is 4. The highest BCUT2D eigenvalue weighted by Crippen LogP contribution is 2.40. The molecular weight excluding hydrogens is 599 g/mol. The van der Waals surface area contributed by atoms with E-state index in [1.54, 1.807) is 54.6 Å². The van der Waals surface area contributed by atoms with E-state index in [1.165, 1.54) is 27.4 Å². The zero-order chi connectivity index (χ0) is 32.3. The van der Waals surface area contributed by atoms with Gasteiger partial charge in [-0.3, -0.25) is 25.8 Å². The number of aliphatic carboxylic acids is 1. The van der Waals surface area contributed by atoms with Gasteiger partial charge in [-0.15, -0.1) is 0 Å². The lowest BCUT2D eigenvalue weighted by atomic mass is 10.0. The van der Waals surface area contributed by atoms with Gasteiger partial charge < -0.3 is 30.4 Å². The average molecular weight is 626 g/mol. The summed E-state index contributed by atoms with van der Waals surface area (Å²) in [6.07, 6.45) is -5.08. The number of alkyl halides is 3. The number of nitrogens with one attached hydrogen (secondary N) is 4. The number of carboxylic acids is 1. The van der Waals surface area contributed by atoms with Crippen LogP contribution in [0, 0.1) is 5.41 Å². The zero-order valence-electron chi connectivity index (χ0n) is 22.8. The number of anilines is 1. The third kappa shape index (κ3) is 9.43. The topological polar surface area (TPSA) is 185 Å². The number of hydrogen-bond acceptors (Lipinski definition) is 8. The van der Waals surface area contributed by atoms with E-state index in [4.69, 9.17) is 46.9 Å². The SMILES string of the molecule is COc1cc(C(Nc2ccc(C(=N)N)cc2)C(=O)NNC(=O)c2ccccc2Cl)cc(OC)c1OC.O=C(O)C(F)(F)F. The lowest BCUT2D eigenvalue weighted by Gasteiger charge is -2.22. The van der Waals surface area contributed by atoms with Crippen LogP contribution >= 0.6 is 11.6 Å². The van der Waals surface area contributed by atoms with Gasteiger partial charge in [-0.25, -0.2) is 4.79 Å². The van der Waals surface area contributed by atoms with Crippen molar-refractivity contribution in [2.45, 2.75) is 12.2 Å². The first-order chi connectivity index (χ1) is 20.2. The van der Waals surface area contributed by atoms with Gasteiger partial charge in [0.25, 0.3) is 11.8 Å². The fourth-order valence-electron chi connectivity index (χ4n) is 3.38. The highest BCUT2D eigenvalue weighted by atomic mass is 35.5. The van der Waals surface area contributed by atoms with Gasteiger partial charge in [0.1, 0.15) is 11.9 Å². The van der Waals surface area contributed by atoms with E-state index in [2.05, 4.69) is 16.2 Å². The molecule has 0 aromatic heterocycles. The summed E-state index contributed by atoms with van der Waals surface area (Å²) >= 11 is 6.08. The van der Waals surface area contributed by atoms with Crippen LogP contribution in [-0.2, 0) is 9.59 Å².